The molecular weight excluding hydrogens is 258 g/mol. The van der Waals surface area contributed by atoms with Crippen molar-refractivity contribution < 1.29 is 14.7 Å². The number of carboxylic acid groups (broad SMARTS) is 1. The Balaban J connectivity index is 2.66. The van der Waals surface area contributed by atoms with Crippen molar-refractivity contribution in [1.29, 1.82) is 0 Å². The van der Waals surface area contributed by atoms with Gasteiger partial charge in [-0.2, -0.15) is 0 Å². The van der Waals surface area contributed by atoms with Crippen LogP contribution in [-0.4, -0.2) is 48.2 Å². The summed E-state index contributed by atoms with van der Waals surface area (Å²) in [6.45, 7) is 4.44. The molecule has 0 saturated heterocycles. The predicted molar refractivity (Wildman–Crippen MR) is 78.2 cm³/mol. The lowest BCUT2D eigenvalue weighted by molar-refractivity contribution is 0.0698. The van der Waals surface area contributed by atoms with E-state index in [0.29, 0.717) is 6.54 Å². The van der Waals surface area contributed by atoms with E-state index in [2.05, 4.69) is 10.6 Å². The number of hydrogen-bond acceptors (Lipinski definition) is 3. The summed E-state index contributed by atoms with van der Waals surface area (Å²) in [5.41, 5.74) is 0.151. The predicted octanol–water partition coefficient (Wildman–Crippen LogP) is 1.85. The van der Waals surface area contributed by atoms with E-state index in [-0.39, 0.29) is 16.8 Å². The summed E-state index contributed by atoms with van der Waals surface area (Å²) in [6.07, 6.45) is 0. The number of hydrogen-bond donors (Lipinski definition) is 3. The zero-order valence-corrected chi connectivity index (χ0v) is 12.2. The van der Waals surface area contributed by atoms with Gasteiger partial charge in [-0.1, -0.05) is 12.1 Å². The lowest BCUT2D eigenvalue weighted by Gasteiger charge is -2.32. The lowest BCUT2D eigenvalue weighted by atomic mass is 10.0. The van der Waals surface area contributed by atoms with E-state index < -0.39 is 12.0 Å². The van der Waals surface area contributed by atoms with Crippen LogP contribution in [0.2, 0.25) is 0 Å². The number of urea groups is 1. The highest BCUT2D eigenvalue weighted by Gasteiger charge is 2.21. The molecule has 6 nitrogen and oxygen atoms in total. The third kappa shape index (κ3) is 4.24. The molecule has 6 heteroatoms. The highest BCUT2D eigenvalue weighted by molar-refractivity contribution is 5.99. The number of carbonyl (C=O) groups excluding carboxylic acids is 1. The van der Waals surface area contributed by atoms with Crippen LogP contribution in [-0.2, 0) is 0 Å². The molecule has 0 fully saturated rings. The Bertz CT molecular complexity index is 498. The van der Waals surface area contributed by atoms with Gasteiger partial charge in [0.05, 0.1) is 11.3 Å². The molecule has 3 N–H and O–H groups in total. The van der Waals surface area contributed by atoms with Gasteiger partial charge in [0.2, 0.25) is 0 Å². The van der Waals surface area contributed by atoms with E-state index in [0.717, 1.165) is 0 Å². The molecule has 1 aromatic rings. The van der Waals surface area contributed by atoms with Crippen molar-refractivity contribution in [2.75, 3.05) is 26.0 Å². The van der Waals surface area contributed by atoms with E-state index in [1.807, 2.05) is 32.8 Å². The van der Waals surface area contributed by atoms with E-state index >= 15 is 0 Å². The van der Waals surface area contributed by atoms with Crippen LogP contribution < -0.4 is 10.6 Å². The van der Waals surface area contributed by atoms with Crippen LogP contribution in [0.25, 0.3) is 0 Å². The van der Waals surface area contributed by atoms with Crippen LogP contribution in [0.15, 0.2) is 24.3 Å². The fraction of sp³-hybridized carbons (Fsp3) is 0.429. The van der Waals surface area contributed by atoms with E-state index in [4.69, 9.17) is 5.11 Å². The lowest BCUT2D eigenvalue weighted by Crippen LogP contribution is -2.49. The number of rotatable bonds is 5. The Labute approximate surface area is 118 Å². The molecule has 0 aliphatic heterocycles. The first-order valence-corrected chi connectivity index (χ1v) is 6.28. The number of aromatic carboxylic acids is 1. The molecule has 1 rings (SSSR count). The van der Waals surface area contributed by atoms with Crippen LogP contribution in [0.3, 0.4) is 0 Å². The number of benzene rings is 1. The summed E-state index contributed by atoms with van der Waals surface area (Å²) < 4.78 is 0. The minimum atomic E-state index is -1.07. The first-order chi connectivity index (χ1) is 9.24. The smallest absolute Gasteiger partial charge is 0.337 e. The largest absolute Gasteiger partial charge is 0.478 e. The maximum Gasteiger partial charge on any atom is 0.337 e. The third-order valence-corrected chi connectivity index (χ3v) is 3.30. The van der Waals surface area contributed by atoms with Gasteiger partial charge in [-0.3, -0.25) is 0 Å². The SMILES string of the molecule is CN(C)C(C)(C)CNC(=O)Nc1ccccc1C(=O)O. The van der Waals surface area contributed by atoms with Crippen molar-refractivity contribution >= 4 is 17.7 Å². The quantitative estimate of drug-likeness (QED) is 0.768. The first kappa shape index (κ1) is 16.0. The number of likely N-dealkylation sites (N-methyl/N-ethyl adjacent to an activating group) is 1. The minimum absolute atomic E-state index is 0.0644. The summed E-state index contributed by atoms with van der Waals surface area (Å²) >= 11 is 0. The Hall–Kier alpha value is -2.08. The van der Waals surface area contributed by atoms with Crippen molar-refractivity contribution in [2.24, 2.45) is 0 Å². The maximum atomic E-state index is 11.8. The molecule has 0 saturated carbocycles. The van der Waals surface area contributed by atoms with Gasteiger partial charge in [-0.25, -0.2) is 9.59 Å². The van der Waals surface area contributed by atoms with Gasteiger partial charge in [-0.05, 0) is 40.1 Å². The van der Waals surface area contributed by atoms with Crippen molar-refractivity contribution in [3.63, 3.8) is 0 Å². The zero-order chi connectivity index (χ0) is 15.3. The highest BCUT2D eigenvalue weighted by Crippen LogP contribution is 2.14. The zero-order valence-electron chi connectivity index (χ0n) is 12.2. The molecule has 0 spiro atoms. The van der Waals surface area contributed by atoms with Crippen LogP contribution in [0.1, 0.15) is 24.2 Å². The summed E-state index contributed by atoms with van der Waals surface area (Å²) in [4.78, 5) is 24.9. The average molecular weight is 279 g/mol. The summed E-state index contributed by atoms with van der Waals surface area (Å²) in [6, 6.07) is 5.86. The Kier molecular flexibility index (Phi) is 5.10. The Morgan fingerprint density at radius 2 is 1.85 bits per heavy atom. The molecule has 2 amide bonds. The number of carbonyl (C=O) groups is 2. The van der Waals surface area contributed by atoms with Crippen LogP contribution >= 0.6 is 0 Å². The highest BCUT2D eigenvalue weighted by atomic mass is 16.4. The first-order valence-electron chi connectivity index (χ1n) is 6.28. The molecule has 0 aromatic heterocycles. The minimum Gasteiger partial charge on any atom is -0.478 e. The van der Waals surface area contributed by atoms with Gasteiger partial charge < -0.3 is 20.6 Å². The molecule has 0 atom stereocenters. The topological polar surface area (TPSA) is 81.7 Å². The van der Waals surface area contributed by atoms with Gasteiger partial charge in [0.25, 0.3) is 0 Å². The van der Waals surface area contributed by atoms with E-state index in [1.54, 1.807) is 18.2 Å². The van der Waals surface area contributed by atoms with Crippen molar-refractivity contribution in [3.05, 3.63) is 29.8 Å². The van der Waals surface area contributed by atoms with Gasteiger partial charge in [-0.15, -0.1) is 0 Å². The number of anilines is 1. The maximum absolute atomic E-state index is 11.8. The molecule has 0 heterocycles. The molecule has 0 unspecified atom stereocenters. The van der Waals surface area contributed by atoms with Crippen molar-refractivity contribution in [1.82, 2.24) is 10.2 Å². The van der Waals surface area contributed by atoms with Crippen LogP contribution in [0, 0.1) is 0 Å². The normalized spacial score (nSPS) is 11.2. The summed E-state index contributed by atoms with van der Waals surface area (Å²) in [7, 11) is 3.86. The molecule has 110 valence electrons. The Morgan fingerprint density at radius 1 is 1.25 bits per heavy atom. The molecular formula is C14H21N3O3. The van der Waals surface area contributed by atoms with Gasteiger partial charge in [0.1, 0.15) is 0 Å². The third-order valence-electron chi connectivity index (χ3n) is 3.30. The standard InChI is InChI=1S/C14H21N3O3/c1-14(2,17(3)4)9-15-13(20)16-11-8-6-5-7-10(11)12(18)19/h5-8H,9H2,1-4H3,(H,18,19)(H2,15,16,20). The van der Waals surface area contributed by atoms with E-state index in [9.17, 15) is 9.59 Å². The van der Waals surface area contributed by atoms with Crippen molar-refractivity contribution in [3.8, 4) is 0 Å². The number of para-hydroxylation sites is 1. The molecule has 0 bridgehead atoms. The second-order valence-corrected chi connectivity index (χ2v) is 5.37. The molecule has 0 aliphatic rings. The van der Waals surface area contributed by atoms with Crippen LogP contribution in [0.4, 0.5) is 10.5 Å². The van der Waals surface area contributed by atoms with Gasteiger partial charge in [0, 0.05) is 12.1 Å². The van der Waals surface area contributed by atoms with Gasteiger partial charge in [0.15, 0.2) is 0 Å². The van der Waals surface area contributed by atoms with Gasteiger partial charge >= 0.3 is 12.0 Å². The van der Waals surface area contributed by atoms with Crippen molar-refractivity contribution in [2.45, 2.75) is 19.4 Å². The molecule has 1 aromatic carbocycles. The number of nitrogens with one attached hydrogen (secondary N) is 2. The monoisotopic (exact) mass is 279 g/mol. The molecule has 20 heavy (non-hydrogen) atoms. The fourth-order valence-corrected chi connectivity index (χ4v) is 1.40. The second kappa shape index (κ2) is 6.38. The average Bonchev–Trinajstić information content (AvgIpc) is 2.36. The molecule has 0 radical (unpaired) electrons. The van der Waals surface area contributed by atoms with E-state index in [1.165, 1.54) is 6.07 Å². The number of nitrogens with zero attached hydrogens (tertiary/aromatic N) is 1. The number of carboxylic acids is 1. The summed E-state index contributed by atoms with van der Waals surface area (Å²) in [5.74, 6) is -1.07. The van der Waals surface area contributed by atoms with Crippen LogP contribution in [0.5, 0.6) is 0 Å². The number of amides is 2. The Morgan fingerprint density at radius 3 is 2.40 bits per heavy atom. The summed E-state index contributed by atoms with van der Waals surface area (Å²) in [5, 5.41) is 14.3. The second-order valence-electron chi connectivity index (χ2n) is 5.37. The fourth-order valence-electron chi connectivity index (χ4n) is 1.40. The molecule has 0 aliphatic carbocycles.